The summed E-state index contributed by atoms with van der Waals surface area (Å²) in [6, 6.07) is 2.22. The molecule has 5 aliphatic rings. The maximum absolute atomic E-state index is 11.7. The van der Waals surface area contributed by atoms with Crippen molar-refractivity contribution in [2.45, 2.75) is 116 Å². The van der Waals surface area contributed by atoms with Gasteiger partial charge < -0.3 is 53.0 Å². The number of nitrogens with zero attached hydrogens (tertiary/aromatic N) is 12. The van der Waals surface area contributed by atoms with E-state index in [9.17, 15) is 4.79 Å². The first-order valence-electron chi connectivity index (χ1n) is 27.8. The van der Waals surface area contributed by atoms with Gasteiger partial charge in [0, 0.05) is 93.0 Å². The van der Waals surface area contributed by atoms with Crippen molar-refractivity contribution in [2.75, 3.05) is 94.1 Å². The smallest absolute Gasteiger partial charge is 0.407 e. The van der Waals surface area contributed by atoms with Crippen LogP contribution in [0.4, 0.5) is 28.1 Å². The molecule has 3 aliphatic heterocycles. The molecule has 9 heterocycles. The van der Waals surface area contributed by atoms with Crippen LogP contribution in [0.3, 0.4) is 0 Å². The van der Waals surface area contributed by atoms with Gasteiger partial charge in [0.2, 0.25) is 0 Å². The fourth-order valence-corrected chi connectivity index (χ4v) is 12.2. The third-order valence-corrected chi connectivity index (χ3v) is 16.5. The Morgan fingerprint density at radius 3 is 1.83 bits per heavy atom. The second kappa shape index (κ2) is 25.5. The van der Waals surface area contributed by atoms with E-state index in [1.54, 1.807) is 13.5 Å². The lowest BCUT2D eigenvalue weighted by Gasteiger charge is -2.32. The summed E-state index contributed by atoms with van der Waals surface area (Å²) in [6.07, 6.45) is 27.8. The fourth-order valence-electron chi connectivity index (χ4n) is 11.1. The number of fused-ring (bicyclic) bond motifs is 3. The number of aryl methyl sites for hydroxylation is 1. The van der Waals surface area contributed by atoms with Crippen LogP contribution >= 0.6 is 31.9 Å². The van der Waals surface area contributed by atoms with Crippen LogP contribution in [0, 0.1) is 0 Å². The van der Waals surface area contributed by atoms with Crippen molar-refractivity contribution in [2.24, 2.45) is 5.73 Å². The summed E-state index contributed by atoms with van der Waals surface area (Å²) in [4.78, 5) is 33.7. The highest BCUT2D eigenvalue weighted by atomic mass is 79.9. The molecule has 11 rings (SSSR count). The first-order valence-corrected chi connectivity index (χ1v) is 29.4. The molecule has 0 aromatic carbocycles. The number of nitrogen functional groups attached to an aromatic ring is 3. The highest BCUT2D eigenvalue weighted by Crippen LogP contribution is 2.38. The highest BCUT2D eigenvalue weighted by molar-refractivity contribution is 9.11. The van der Waals surface area contributed by atoms with Crippen LogP contribution in [0.1, 0.15) is 126 Å². The predicted molar refractivity (Wildman–Crippen MR) is 319 cm³/mol. The molecule has 3 fully saturated rings. The van der Waals surface area contributed by atoms with Gasteiger partial charge in [-0.15, -0.1) is 0 Å². The average Bonchev–Trinajstić information content (AvgIpc) is 4.30. The average molecular weight is 1200 g/mol. The summed E-state index contributed by atoms with van der Waals surface area (Å²) in [7, 11) is 0. The van der Waals surface area contributed by atoms with Crippen molar-refractivity contribution in [1.29, 1.82) is 0 Å². The lowest BCUT2D eigenvalue weighted by molar-refractivity contribution is 0.0528. The maximum atomic E-state index is 11.7. The number of likely N-dealkylation sites (tertiary alicyclic amines) is 2. The molecule has 3 saturated heterocycles. The first-order chi connectivity index (χ1) is 37.6. The molecule has 2 aliphatic carbocycles. The van der Waals surface area contributed by atoms with E-state index in [0.29, 0.717) is 55.0 Å². The standard InChI is InChI=1S/C19H24BrN5.C19H31N7O2.C18H23BrN6/c1-2-9-24-10-5-8-14(12-24)17-16(20)18(21)25-19(23-17)15(11-22-25)13-6-3-4-7-13;1-5-13-11-23-26-15(20)10-16(24-17(13)26)25-9-6-14(12-25)21-7-8-22-18(27)28-19(2,3)4;19-15-16(13-6-3-8-24(11-13)9-7-20)23-18-14(12-4-1-2-5-12)10-22-25(18)17(15)21/h3,6-7,11,14H,2,4-5,8-10,12,21H2,1H3;10-11,14,21H,5-9,12,20H2,1-4H3,(H,22,27);1,4-5,10,13H,2-3,6-9,11,20-21H2/t;14-;/m.0./s1. The van der Waals surface area contributed by atoms with Gasteiger partial charge in [0.1, 0.15) is 28.9 Å². The summed E-state index contributed by atoms with van der Waals surface area (Å²) in [5, 5.41) is 19.5. The fraction of sp³-hybridized carbons (Fsp3) is 0.518. The Kier molecular flexibility index (Phi) is 18.5. The zero-order valence-electron chi connectivity index (χ0n) is 45.9. The molecule has 418 valence electrons. The van der Waals surface area contributed by atoms with Crippen molar-refractivity contribution in [3.8, 4) is 0 Å². The molecule has 0 spiro atoms. The van der Waals surface area contributed by atoms with Gasteiger partial charge in [0.15, 0.2) is 16.9 Å². The number of alkyl carbamates (subject to hydrolysis) is 1. The SMILES string of the molecule is CCCN1CCCC(c2nc3c(C4=CCC=C4)cnn3c(N)c2Br)C1.CCc1cnn2c(N)cc(N3CC[C@H](NCCNC(=O)OC(C)(C)C)C3)nc12.NCCN1CCCC(c2nc3c(C4=CCC=C4)cnn3c(N)c2Br)C1. The summed E-state index contributed by atoms with van der Waals surface area (Å²) in [6.45, 7) is 20.0. The molecular weight excluding hydrogens is 1120 g/mol. The summed E-state index contributed by atoms with van der Waals surface area (Å²) in [5.74, 6) is 3.51. The van der Waals surface area contributed by atoms with E-state index in [1.165, 1.54) is 30.5 Å². The van der Waals surface area contributed by atoms with E-state index in [4.69, 9.17) is 42.6 Å². The summed E-state index contributed by atoms with van der Waals surface area (Å²) < 4.78 is 12.2. The van der Waals surface area contributed by atoms with E-state index in [0.717, 1.165) is 151 Å². The van der Waals surface area contributed by atoms with Crippen LogP contribution in [0.25, 0.3) is 28.1 Å². The molecule has 20 nitrogen and oxygen atoms in total. The van der Waals surface area contributed by atoms with Crippen LogP contribution in [0.5, 0.6) is 0 Å². The molecule has 10 N–H and O–H groups in total. The van der Waals surface area contributed by atoms with Crippen molar-refractivity contribution < 1.29 is 9.53 Å². The van der Waals surface area contributed by atoms with Gasteiger partial charge in [-0.2, -0.15) is 28.8 Å². The molecule has 78 heavy (non-hydrogen) atoms. The molecule has 2 unspecified atom stereocenters. The van der Waals surface area contributed by atoms with E-state index in [1.807, 2.05) is 45.4 Å². The summed E-state index contributed by atoms with van der Waals surface area (Å²) >= 11 is 7.36. The third-order valence-electron chi connectivity index (χ3n) is 14.9. The minimum Gasteiger partial charge on any atom is -0.444 e. The lowest BCUT2D eigenvalue weighted by atomic mass is 9.94. The number of aromatic nitrogens is 9. The van der Waals surface area contributed by atoms with Gasteiger partial charge in [-0.3, -0.25) is 0 Å². The van der Waals surface area contributed by atoms with Crippen LogP contribution in [0.2, 0.25) is 0 Å². The summed E-state index contributed by atoms with van der Waals surface area (Å²) in [5.41, 5.74) is 34.4. The van der Waals surface area contributed by atoms with Crippen molar-refractivity contribution >= 4 is 89.3 Å². The molecule has 0 bridgehead atoms. The molecule has 6 aromatic rings. The van der Waals surface area contributed by atoms with E-state index in [2.05, 4.69) is 123 Å². The van der Waals surface area contributed by atoms with Gasteiger partial charge in [-0.05, 0) is 141 Å². The number of anilines is 4. The number of ether oxygens (including phenoxy) is 1. The first kappa shape index (κ1) is 56.8. The van der Waals surface area contributed by atoms with Gasteiger partial charge in [0.05, 0.1) is 38.9 Å². The monoisotopic (exact) mass is 1190 g/mol. The van der Waals surface area contributed by atoms with Crippen molar-refractivity contribution in [1.82, 2.24) is 64.2 Å². The number of hydrogen-bond donors (Lipinski definition) is 6. The van der Waals surface area contributed by atoms with Gasteiger partial charge >= 0.3 is 6.09 Å². The third kappa shape index (κ3) is 13.1. The topological polar surface area (TPSA) is 255 Å². The minimum absolute atomic E-state index is 0.343. The van der Waals surface area contributed by atoms with Gasteiger partial charge in [-0.25, -0.2) is 19.7 Å². The number of allylic oxidation sites excluding steroid dienone is 8. The van der Waals surface area contributed by atoms with Crippen LogP contribution < -0.4 is 38.5 Å². The van der Waals surface area contributed by atoms with E-state index in [-0.39, 0.29) is 6.09 Å². The molecule has 1 amide bonds. The van der Waals surface area contributed by atoms with E-state index >= 15 is 0 Å². The van der Waals surface area contributed by atoms with Crippen molar-refractivity contribution in [3.63, 3.8) is 0 Å². The lowest BCUT2D eigenvalue weighted by Crippen LogP contribution is -2.40. The predicted octanol–water partition coefficient (Wildman–Crippen LogP) is 8.13. The zero-order chi connectivity index (χ0) is 55.1. The molecule has 0 radical (unpaired) electrons. The molecule has 22 heteroatoms. The number of hydrogen-bond acceptors (Lipinski definition) is 16. The zero-order valence-corrected chi connectivity index (χ0v) is 49.1. The number of nitrogens with one attached hydrogen (secondary N) is 2. The Balaban J connectivity index is 0.000000142. The quantitative estimate of drug-likeness (QED) is 0.0563. The van der Waals surface area contributed by atoms with Crippen LogP contribution in [-0.4, -0.2) is 143 Å². The number of piperidine rings is 2. The van der Waals surface area contributed by atoms with Gasteiger partial charge in [0.25, 0.3) is 0 Å². The second-order valence-corrected chi connectivity index (χ2v) is 23.3. The maximum Gasteiger partial charge on any atom is 0.407 e. The van der Waals surface area contributed by atoms with Gasteiger partial charge in [-0.1, -0.05) is 50.3 Å². The molecule has 6 aromatic heterocycles. The second-order valence-electron chi connectivity index (χ2n) is 21.8. The highest BCUT2D eigenvalue weighted by Gasteiger charge is 2.30. The van der Waals surface area contributed by atoms with E-state index < -0.39 is 5.60 Å². The minimum atomic E-state index is -0.480. The number of nitrogens with two attached hydrogens (primary N) is 4. The van der Waals surface area contributed by atoms with Crippen LogP contribution in [0.15, 0.2) is 70.1 Å². The number of amides is 1. The number of carbonyl (C=O) groups excluding carboxylic acids is 1. The Labute approximate surface area is 474 Å². The number of halogens is 2. The Hall–Kier alpha value is -5.91. The number of carbonyl (C=O) groups is 1. The number of rotatable bonds is 14. The molecule has 3 atom stereocenters. The van der Waals surface area contributed by atoms with Crippen LogP contribution in [-0.2, 0) is 11.2 Å². The Morgan fingerprint density at radius 1 is 0.731 bits per heavy atom. The normalized spacial score (nSPS) is 19.8. The Morgan fingerprint density at radius 2 is 1.31 bits per heavy atom. The molecular formula is C56H78Br2N18O2. The Bertz CT molecular complexity index is 3060. The molecule has 0 saturated carbocycles. The largest absolute Gasteiger partial charge is 0.444 e. The van der Waals surface area contributed by atoms with Crippen molar-refractivity contribution in [3.05, 3.63) is 98.1 Å².